The van der Waals surface area contributed by atoms with Gasteiger partial charge in [0, 0.05) is 50.2 Å². The normalized spacial score (nSPS) is 19.2. The van der Waals surface area contributed by atoms with Crippen LogP contribution in [0.1, 0.15) is 61.4 Å². The number of aryl methyl sites for hydroxylation is 3. The predicted molar refractivity (Wildman–Crippen MR) is 97.6 cm³/mol. The molecule has 1 amide bonds. The van der Waals surface area contributed by atoms with Crippen LogP contribution in [-0.4, -0.2) is 43.2 Å². The van der Waals surface area contributed by atoms with Crippen molar-refractivity contribution in [2.45, 2.75) is 58.9 Å². The topological polar surface area (TPSA) is 56.0 Å². The Balaban J connectivity index is 1.78. The number of hydrogen-bond acceptors (Lipinski definition) is 3. The van der Waals surface area contributed by atoms with E-state index in [0.29, 0.717) is 6.04 Å². The minimum absolute atomic E-state index is 0.152. The van der Waals surface area contributed by atoms with Gasteiger partial charge in [0.15, 0.2) is 0 Å². The molecular weight excluding hydrogens is 314 g/mol. The van der Waals surface area contributed by atoms with Crippen LogP contribution in [0.2, 0.25) is 0 Å². The smallest absolute Gasteiger partial charge is 0.230 e. The van der Waals surface area contributed by atoms with Crippen LogP contribution in [0.4, 0.5) is 0 Å². The number of nitrogens with zero attached hydrogens (tertiary/aromatic N) is 5. The fourth-order valence-corrected chi connectivity index (χ4v) is 4.15. The van der Waals surface area contributed by atoms with Crippen molar-refractivity contribution in [3.8, 4) is 0 Å². The second-order valence-corrected chi connectivity index (χ2v) is 7.11. The maximum atomic E-state index is 13.1. The molecule has 0 aliphatic carbocycles. The molecule has 1 saturated heterocycles. The Morgan fingerprint density at radius 2 is 2.16 bits per heavy atom. The first-order valence-corrected chi connectivity index (χ1v) is 9.24. The average molecular weight is 343 g/mol. The van der Waals surface area contributed by atoms with Crippen LogP contribution < -0.4 is 0 Å². The van der Waals surface area contributed by atoms with Gasteiger partial charge in [-0.05, 0) is 33.6 Å². The van der Waals surface area contributed by atoms with Gasteiger partial charge < -0.3 is 9.47 Å². The highest BCUT2D eigenvalue weighted by atomic mass is 16.2. The van der Waals surface area contributed by atoms with Crippen molar-refractivity contribution < 1.29 is 4.79 Å². The van der Waals surface area contributed by atoms with E-state index in [0.717, 1.165) is 55.1 Å². The van der Waals surface area contributed by atoms with Crippen molar-refractivity contribution in [3.63, 3.8) is 0 Å². The van der Waals surface area contributed by atoms with Gasteiger partial charge in [0.2, 0.25) is 5.91 Å². The molecule has 25 heavy (non-hydrogen) atoms. The number of amides is 1. The van der Waals surface area contributed by atoms with Crippen LogP contribution in [-0.2, 0) is 18.3 Å². The lowest BCUT2D eigenvalue weighted by atomic mass is 9.95. The Morgan fingerprint density at radius 1 is 1.40 bits per heavy atom. The van der Waals surface area contributed by atoms with Crippen molar-refractivity contribution >= 4 is 5.91 Å². The number of likely N-dealkylation sites (tertiary alicyclic amines) is 1. The molecule has 6 nitrogen and oxygen atoms in total. The fourth-order valence-electron chi connectivity index (χ4n) is 4.15. The molecule has 6 heteroatoms. The van der Waals surface area contributed by atoms with Gasteiger partial charge in [0.05, 0.1) is 17.7 Å². The Hall–Kier alpha value is -2.11. The lowest BCUT2D eigenvalue weighted by molar-refractivity contribution is -0.134. The van der Waals surface area contributed by atoms with Crippen LogP contribution in [0.5, 0.6) is 0 Å². The first-order chi connectivity index (χ1) is 11.9. The number of rotatable bonds is 4. The maximum absolute atomic E-state index is 13.1. The van der Waals surface area contributed by atoms with Gasteiger partial charge in [-0.15, -0.1) is 0 Å². The highest BCUT2D eigenvalue weighted by Crippen LogP contribution is 2.29. The summed E-state index contributed by atoms with van der Waals surface area (Å²) in [6.45, 7) is 9.78. The minimum Gasteiger partial charge on any atom is -0.340 e. The van der Waals surface area contributed by atoms with Gasteiger partial charge in [-0.1, -0.05) is 6.92 Å². The summed E-state index contributed by atoms with van der Waals surface area (Å²) in [6, 6.07) is 0.332. The van der Waals surface area contributed by atoms with E-state index in [2.05, 4.69) is 27.8 Å². The number of carbonyl (C=O) groups is 1. The Labute approximate surface area is 149 Å². The third kappa shape index (κ3) is 3.22. The van der Waals surface area contributed by atoms with Gasteiger partial charge in [0.25, 0.3) is 0 Å². The van der Waals surface area contributed by atoms with Gasteiger partial charge in [-0.2, -0.15) is 5.10 Å². The van der Waals surface area contributed by atoms with E-state index in [4.69, 9.17) is 0 Å². The molecule has 1 fully saturated rings. The number of hydrogen-bond donors (Lipinski definition) is 0. The molecule has 0 aromatic carbocycles. The molecule has 2 atom stereocenters. The van der Waals surface area contributed by atoms with Crippen LogP contribution >= 0.6 is 0 Å². The van der Waals surface area contributed by atoms with Crippen LogP contribution in [0.25, 0.3) is 0 Å². The summed E-state index contributed by atoms with van der Waals surface area (Å²) >= 11 is 0. The van der Waals surface area contributed by atoms with Crippen molar-refractivity contribution in [2.24, 2.45) is 7.05 Å². The summed E-state index contributed by atoms with van der Waals surface area (Å²) in [7, 11) is 1.94. The highest BCUT2D eigenvalue weighted by molar-refractivity contribution is 5.84. The summed E-state index contributed by atoms with van der Waals surface area (Å²) in [4.78, 5) is 19.6. The molecular formula is C19H29N5O. The second-order valence-electron chi connectivity index (χ2n) is 7.11. The first kappa shape index (κ1) is 17.7. The van der Waals surface area contributed by atoms with E-state index < -0.39 is 0 Å². The van der Waals surface area contributed by atoms with Crippen molar-refractivity contribution in [1.82, 2.24) is 24.2 Å². The predicted octanol–water partition coefficient (Wildman–Crippen LogP) is 2.76. The molecule has 0 bridgehead atoms. The molecule has 0 unspecified atom stereocenters. The van der Waals surface area contributed by atoms with Gasteiger partial charge in [0.1, 0.15) is 5.82 Å². The summed E-state index contributed by atoms with van der Waals surface area (Å²) in [5.74, 6) is 1.16. The third-order valence-corrected chi connectivity index (χ3v) is 5.54. The highest BCUT2D eigenvalue weighted by Gasteiger charge is 2.31. The van der Waals surface area contributed by atoms with Crippen LogP contribution in [0, 0.1) is 13.8 Å². The molecule has 136 valence electrons. The summed E-state index contributed by atoms with van der Waals surface area (Å²) < 4.78 is 4.12. The summed E-state index contributed by atoms with van der Waals surface area (Å²) in [6.07, 6.45) is 6.98. The lowest BCUT2D eigenvalue weighted by Crippen LogP contribution is -2.42. The monoisotopic (exact) mass is 343 g/mol. The largest absolute Gasteiger partial charge is 0.340 e. The van der Waals surface area contributed by atoms with E-state index in [9.17, 15) is 4.79 Å². The molecule has 0 saturated carbocycles. The lowest BCUT2D eigenvalue weighted by Gasteiger charge is -2.35. The van der Waals surface area contributed by atoms with E-state index in [1.807, 2.05) is 43.6 Å². The fraction of sp³-hybridized carbons (Fsp3) is 0.632. The minimum atomic E-state index is -0.152. The van der Waals surface area contributed by atoms with Crippen molar-refractivity contribution in [1.29, 1.82) is 0 Å². The van der Waals surface area contributed by atoms with Crippen LogP contribution in [0.3, 0.4) is 0 Å². The quantitative estimate of drug-likeness (QED) is 0.858. The SMILES string of the molecule is CCc1nccn1[C@H]1CCCN(C(=O)[C@@H](C)c2c(C)nn(C)c2C)C1. The molecule has 1 aliphatic heterocycles. The first-order valence-electron chi connectivity index (χ1n) is 9.24. The Bertz CT molecular complexity index is 760. The maximum Gasteiger partial charge on any atom is 0.230 e. The van der Waals surface area contributed by atoms with Crippen LogP contribution in [0.15, 0.2) is 12.4 Å². The molecule has 0 spiro atoms. The van der Waals surface area contributed by atoms with Crippen molar-refractivity contribution in [3.05, 3.63) is 35.2 Å². The Morgan fingerprint density at radius 3 is 2.80 bits per heavy atom. The Kier molecular flexibility index (Phi) is 4.97. The average Bonchev–Trinajstić information content (AvgIpc) is 3.18. The summed E-state index contributed by atoms with van der Waals surface area (Å²) in [5.41, 5.74) is 3.11. The molecule has 3 heterocycles. The zero-order valence-electron chi connectivity index (χ0n) is 16.0. The van der Waals surface area contributed by atoms with E-state index in [-0.39, 0.29) is 11.8 Å². The number of imidazole rings is 1. The van der Waals surface area contributed by atoms with E-state index >= 15 is 0 Å². The van der Waals surface area contributed by atoms with Crippen molar-refractivity contribution in [2.75, 3.05) is 13.1 Å². The zero-order chi connectivity index (χ0) is 18.1. The molecule has 2 aromatic heterocycles. The van der Waals surface area contributed by atoms with Gasteiger partial charge >= 0.3 is 0 Å². The van der Waals surface area contributed by atoms with E-state index in [1.165, 1.54) is 0 Å². The third-order valence-electron chi connectivity index (χ3n) is 5.54. The van der Waals surface area contributed by atoms with Gasteiger partial charge in [-0.25, -0.2) is 4.98 Å². The number of carbonyl (C=O) groups excluding carboxylic acids is 1. The molecule has 0 radical (unpaired) electrons. The number of aromatic nitrogens is 4. The standard InChI is InChI=1S/C19H29N5O/c1-6-17-20-9-11-24(17)16-8-7-10-23(12-16)19(25)13(2)18-14(3)21-22(5)15(18)4/h9,11,13,16H,6-8,10,12H2,1-5H3/t13-,16-/m0/s1. The molecule has 3 rings (SSSR count). The zero-order valence-corrected chi connectivity index (χ0v) is 16.0. The number of piperidine rings is 1. The molecule has 0 N–H and O–H groups in total. The van der Waals surface area contributed by atoms with Gasteiger partial charge in [-0.3, -0.25) is 9.48 Å². The molecule has 2 aromatic rings. The second kappa shape index (κ2) is 7.02. The summed E-state index contributed by atoms with van der Waals surface area (Å²) in [5, 5.41) is 4.47. The molecule has 1 aliphatic rings. The van der Waals surface area contributed by atoms with E-state index in [1.54, 1.807) is 0 Å².